The van der Waals surface area contributed by atoms with E-state index < -0.39 is 0 Å². The molecule has 0 radical (unpaired) electrons. The Balaban J connectivity index is 1.26. The minimum atomic E-state index is 0.101. The first-order chi connectivity index (χ1) is 16.2. The molecule has 3 heterocycles. The standard InChI is InChI=1S/C26H36N4O3/c31-25(29-12-6-1-2-7-13-29)21-27-14-16-28(17-15-27)22-26(32)30(20-24-11-8-18-33-24)19-23-9-4-3-5-10-23/h3-5,8-11,18H,1-2,6-7,12-17,19-22H2. The number of likely N-dealkylation sites (tertiary alicyclic amines) is 1. The summed E-state index contributed by atoms with van der Waals surface area (Å²) in [6, 6.07) is 13.8. The predicted molar refractivity (Wildman–Crippen MR) is 127 cm³/mol. The summed E-state index contributed by atoms with van der Waals surface area (Å²) < 4.78 is 5.50. The molecule has 0 saturated carbocycles. The van der Waals surface area contributed by atoms with Gasteiger partial charge < -0.3 is 14.2 Å². The van der Waals surface area contributed by atoms with Crippen molar-refractivity contribution in [3.63, 3.8) is 0 Å². The Labute approximate surface area is 196 Å². The molecule has 0 aliphatic carbocycles. The van der Waals surface area contributed by atoms with Crippen molar-refractivity contribution in [2.45, 2.75) is 38.8 Å². The van der Waals surface area contributed by atoms with Gasteiger partial charge in [-0.05, 0) is 30.5 Å². The Kier molecular flexibility index (Phi) is 8.55. The highest BCUT2D eigenvalue weighted by Gasteiger charge is 2.25. The molecule has 2 aliphatic rings. The summed E-state index contributed by atoms with van der Waals surface area (Å²) in [5.74, 6) is 1.15. The fraction of sp³-hybridized carbons (Fsp3) is 0.538. The number of amides is 2. The second-order valence-electron chi connectivity index (χ2n) is 9.16. The minimum absolute atomic E-state index is 0.101. The molecule has 2 saturated heterocycles. The lowest BCUT2D eigenvalue weighted by atomic mass is 10.2. The van der Waals surface area contributed by atoms with Crippen LogP contribution in [0.1, 0.15) is 37.0 Å². The van der Waals surface area contributed by atoms with Gasteiger partial charge in [0.15, 0.2) is 0 Å². The number of benzene rings is 1. The molecular weight excluding hydrogens is 416 g/mol. The predicted octanol–water partition coefficient (Wildman–Crippen LogP) is 2.83. The van der Waals surface area contributed by atoms with Crippen LogP contribution in [-0.4, -0.2) is 83.8 Å². The van der Waals surface area contributed by atoms with Crippen LogP contribution in [0.15, 0.2) is 53.1 Å². The number of hydrogen-bond acceptors (Lipinski definition) is 5. The summed E-state index contributed by atoms with van der Waals surface area (Å²) in [5, 5.41) is 0. The highest BCUT2D eigenvalue weighted by Crippen LogP contribution is 2.13. The molecular formula is C26H36N4O3. The highest BCUT2D eigenvalue weighted by molar-refractivity contribution is 5.79. The van der Waals surface area contributed by atoms with Crippen molar-refractivity contribution in [3.8, 4) is 0 Å². The molecule has 0 N–H and O–H groups in total. The molecule has 1 aromatic heterocycles. The lowest BCUT2D eigenvalue weighted by Crippen LogP contribution is -2.52. The van der Waals surface area contributed by atoms with Crippen LogP contribution in [0.5, 0.6) is 0 Å². The molecule has 1 aromatic carbocycles. The molecule has 7 heteroatoms. The fourth-order valence-corrected chi connectivity index (χ4v) is 4.63. The highest BCUT2D eigenvalue weighted by atomic mass is 16.3. The lowest BCUT2D eigenvalue weighted by molar-refractivity contribution is -0.136. The van der Waals surface area contributed by atoms with Crippen LogP contribution < -0.4 is 0 Å². The van der Waals surface area contributed by atoms with Crippen molar-refractivity contribution >= 4 is 11.8 Å². The third-order valence-electron chi connectivity index (χ3n) is 6.64. The maximum atomic E-state index is 13.2. The first-order valence-electron chi connectivity index (χ1n) is 12.2. The largest absolute Gasteiger partial charge is 0.467 e. The van der Waals surface area contributed by atoms with Crippen molar-refractivity contribution in [2.75, 3.05) is 52.4 Å². The van der Waals surface area contributed by atoms with Crippen LogP contribution in [0.3, 0.4) is 0 Å². The molecule has 4 rings (SSSR count). The van der Waals surface area contributed by atoms with Crippen LogP contribution >= 0.6 is 0 Å². The molecule has 2 aromatic rings. The van der Waals surface area contributed by atoms with Crippen molar-refractivity contribution in [1.82, 2.24) is 19.6 Å². The number of rotatable bonds is 8. The van der Waals surface area contributed by atoms with E-state index in [-0.39, 0.29) is 11.8 Å². The number of carbonyl (C=O) groups is 2. The van der Waals surface area contributed by atoms with Gasteiger partial charge in [-0.3, -0.25) is 19.4 Å². The van der Waals surface area contributed by atoms with Gasteiger partial charge in [0.05, 0.1) is 25.9 Å². The molecule has 2 fully saturated rings. The second-order valence-corrected chi connectivity index (χ2v) is 9.16. The van der Waals surface area contributed by atoms with E-state index >= 15 is 0 Å². The van der Waals surface area contributed by atoms with E-state index in [1.165, 1.54) is 12.8 Å². The van der Waals surface area contributed by atoms with Crippen molar-refractivity contribution in [1.29, 1.82) is 0 Å². The number of hydrogen-bond donors (Lipinski definition) is 0. The van der Waals surface area contributed by atoms with Gasteiger partial charge in [-0.15, -0.1) is 0 Å². The van der Waals surface area contributed by atoms with E-state index in [1.807, 2.05) is 52.3 Å². The molecule has 0 bridgehead atoms. The van der Waals surface area contributed by atoms with E-state index in [2.05, 4.69) is 9.80 Å². The van der Waals surface area contributed by atoms with Crippen molar-refractivity contribution in [2.24, 2.45) is 0 Å². The smallest absolute Gasteiger partial charge is 0.237 e. The summed E-state index contributed by atoms with van der Waals surface area (Å²) in [6.07, 6.45) is 6.36. The normalized spacial score (nSPS) is 18.1. The molecule has 2 amide bonds. The fourth-order valence-electron chi connectivity index (χ4n) is 4.63. The Morgan fingerprint density at radius 3 is 2.06 bits per heavy atom. The van der Waals surface area contributed by atoms with Gasteiger partial charge in [0.2, 0.25) is 11.8 Å². The maximum Gasteiger partial charge on any atom is 0.237 e. The van der Waals surface area contributed by atoms with Gasteiger partial charge in [-0.25, -0.2) is 0 Å². The number of carbonyl (C=O) groups excluding carboxylic acids is 2. The summed E-state index contributed by atoms with van der Waals surface area (Å²) in [4.78, 5) is 34.2. The molecule has 2 aliphatic heterocycles. The second kappa shape index (κ2) is 12.0. The Morgan fingerprint density at radius 2 is 1.42 bits per heavy atom. The van der Waals surface area contributed by atoms with Crippen LogP contribution in [0.2, 0.25) is 0 Å². The monoisotopic (exact) mass is 452 g/mol. The average Bonchev–Trinajstić information content (AvgIpc) is 3.19. The van der Waals surface area contributed by atoms with Crippen LogP contribution in [-0.2, 0) is 22.7 Å². The first kappa shape index (κ1) is 23.5. The molecule has 33 heavy (non-hydrogen) atoms. The quantitative estimate of drug-likeness (QED) is 0.617. The van der Waals surface area contributed by atoms with Crippen LogP contribution in [0.25, 0.3) is 0 Å². The summed E-state index contributed by atoms with van der Waals surface area (Å²) in [6.45, 7) is 6.98. The Morgan fingerprint density at radius 1 is 0.758 bits per heavy atom. The van der Waals surface area contributed by atoms with E-state index in [0.717, 1.165) is 63.4 Å². The van der Waals surface area contributed by atoms with Crippen LogP contribution in [0.4, 0.5) is 0 Å². The summed E-state index contributed by atoms with van der Waals surface area (Å²) >= 11 is 0. The summed E-state index contributed by atoms with van der Waals surface area (Å²) in [7, 11) is 0. The van der Waals surface area contributed by atoms with Gasteiger partial charge >= 0.3 is 0 Å². The van der Waals surface area contributed by atoms with Crippen LogP contribution in [0, 0.1) is 0 Å². The van der Waals surface area contributed by atoms with Crippen molar-refractivity contribution in [3.05, 3.63) is 60.1 Å². The van der Waals surface area contributed by atoms with E-state index in [1.54, 1.807) is 6.26 Å². The molecule has 7 nitrogen and oxygen atoms in total. The van der Waals surface area contributed by atoms with Gasteiger partial charge in [0.25, 0.3) is 0 Å². The Hall–Kier alpha value is -2.64. The molecule has 0 unspecified atom stereocenters. The number of nitrogens with zero attached hydrogens (tertiary/aromatic N) is 4. The lowest BCUT2D eigenvalue weighted by Gasteiger charge is -2.36. The summed E-state index contributed by atoms with van der Waals surface area (Å²) in [5.41, 5.74) is 1.11. The molecule has 0 atom stereocenters. The van der Waals surface area contributed by atoms with Gasteiger partial charge in [-0.2, -0.15) is 0 Å². The maximum absolute atomic E-state index is 13.2. The SMILES string of the molecule is O=C(CN1CCN(CC(=O)N(Cc2ccccc2)Cc2ccco2)CC1)N1CCCCCC1. The van der Waals surface area contributed by atoms with Gasteiger partial charge in [0.1, 0.15) is 5.76 Å². The van der Waals surface area contributed by atoms with E-state index in [0.29, 0.717) is 26.2 Å². The third kappa shape index (κ3) is 7.17. The van der Waals surface area contributed by atoms with E-state index in [9.17, 15) is 9.59 Å². The zero-order valence-corrected chi connectivity index (χ0v) is 19.5. The Bertz CT molecular complexity index is 855. The van der Waals surface area contributed by atoms with Gasteiger partial charge in [0, 0.05) is 45.8 Å². The molecule has 0 spiro atoms. The zero-order chi connectivity index (χ0) is 22.9. The zero-order valence-electron chi connectivity index (χ0n) is 19.5. The van der Waals surface area contributed by atoms with E-state index in [4.69, 9.17) is 4.42 Å². The topological polar surface area (TPSA) is 60.2 Å². The first-order valence-corrected chi connectivity index (χ1v) is 12.2. The third-order valence-corrected chi connectivity index (χ3v) is 6.64. The molecule has 178 valence electrons. The number of piperazine rings is 1. The average molecular weight is 453 g/mol. The van der Waals surface area contributed by atoms with Crippen molar-refractivity contribution < 1.29 is 14.0 Å². The minimum Gasteiger partial charge on any atom is -0.467 e. The van der Waals surface area contributed by atoms with Gasteiger partial charge in [-0.1, -0.05) is 43.2 Å². The number of furan rings is 1.